The normalized spacial score (nSPS) is 20.6. The topological polar surface area (TPSA) is 45.3 Å². The second-order valence-electron chi connectivity index (χ2n) is 5.98. The lowest BCUT2D eigenvalue weighted by Gasteiger charge is -2.11. The van der Waals surface area contributed by atoms with Crippen LogP contribution < -0.4 is 20.9 Å². The van der Waals surface area contributed by atoms with Gasteiger partial charge in [0.15, 0.2) is 0 Å². The van der Waals surface area contributed by atoms with Gasteiger partial charge in [-0.05, 0) is 36.7 Å². The summed E-state index contributed by atoms with van der Waals surface area (Å²) in [4.78, 5) is 0. The Morgan fingerprint density at radius 2 is 1.83 bits per heavy atom. The van der Waals surface area contributed by atoms with Crippen LogP contribution in [0.25, 0.3) is 0 Å². The maximum absolute atomic E-state index is 5.84. The third-order valence-corrected chi connectivity index (χ3v) is 4.22. The number of likely N-dealkylation sites (N-methyl/N-ethyl adjacent to an activating group) is 1. The molecule has 0 aliphatic carbocycles. The predicted octanol–water partition coefficient (Wildman–Crippen LogP) is 2.44. The van der Waals surface area contributed by atoms with Crippen molar-refractivity contribution in [3.63, 3.8) is 0 Å². The lowest BCUT2D eigenvalue weighted by atomic mass is 10.0. The van der Waals surface area contributed by atoms with Gasteiger partial charge in [0.1, 0.15) is 5.75 Å². The molecule has 23 heavy (non-hydrogen) atoms. The fourth-order valence-electron chi connectivity index (χ4n) is 2.95. The van der Waals surface area contributed by atoms with Gasteiger partial charge in [-0.1, -0.05) is 42.5 Å². The molecular formula is C19H25N3O. The van der Waals surface area contributed by atoms with Crippen LogP contribution in [0.1, 0.15) is 23.6 Å². The second kappa shape index (κ2) is 8.11. The number of hydrogen-bond acceptors (Lipinski definition) is 4. The molecule has 1 fully saturated rings. The highest BCUT2D eigenvalue weighted by atomic mass is 16.5. The standard InChI is InChI=1S/C19H25N3O/c1-20-14-17-13-19(22-21-17)16-7-9-18(10-8-16)23-12-11-15-5-3-2-4-6-15/h2-10,17,19-22H,11-14H2,1H3. The fraction of sp³-hybridized carbons (Fsp3) is 0.368. The molecule has 0 amide bonds. The average Bonchev–Trinajstić information content (AvgIpc) is 3.06. The third kappa shape index (κ3) is 4.55. The summed E-state index contributed by atoms with van der Waals surface area (Å²) in [5.74, 6) is 0.933. The van der Waals surface area contributed by atoms with Gasteiger partial charge in [0.05, 0.1) is 6.61 Å². The van der Waals surface area contributed by atoms with E-state index in [1.54, 1.807) is 0 Å². The van der Waals surface area contributed by atoms with E-state index in [0.29, 0.717) is 18.7 Å². The van der Waals surface area contributed by atoms with E-state index >= 15 is 0 Å². The lowest BCUT2D eigenvalue weighted by Crippen LogP contribution is -2.36. The van der Waals surface area contributed by atoms with Crippen molar-refractivity contribution >= 4 is 0 Å². The minimum atomic E-state index is 0.367. The Bertz CT molecular complexity index is 585. The largest absolute Gasteiger partial charge is 0.493 e. The van der Waals surface area contributed by atoms with Crippen LogP contribution in [0.4, 0.5) is 0 Å². The van der Waals surface area contributed by atoms with Crippen LogP contribution in [0.5, 0.6) is 5.75 Å². The van der Waals surface area contributed by atoms with Crippen LogP contribution in [-0.2, 0) is 6.42 Å². The SMILES string of the molecule is CNCC1CC(c2ccc(OCCc3ccccc3)cc2)NN1. The van der Waals surface area contributed by atoms with E-state index in [2.05, 4.69) is 64.7 Å². The average molecular weight is 311 g/mol. The monoisotopic (exact) mass is 311 g/mol. The lowest BCUT2D eigenvalue weighted by molar-refractivity contribution is 0.322. The number of ether oxygens (including phenoxy) is 1. The molecule has 2 aromatic rings. The summed E-state index contributed by atoms with van der Waals surface area (Å²) in [5, 5.41) is 3.20. The molecule has 2 atom stereocenters. The van der Waals surface area contributed by atoms with Crippen molar-refractivity contribution in [3.8, 4) is 5.75 Å². The molecule has 0 saturated carbocycles. The van der Waals surface area contributed by atoms with Crippen molar-refractivity contribution in [3.05, 3.63) is 65.7 Å². The molecular weight excluding hydrogens is 286 g/mol. The molecule has 4 heteroatoms. The molecule has 3 rings (SSSR count). The summed E-state index contributed by atoms with van der Waals surface area (Å²) < 4.78 is 5.84. The highest BCUT2D eigenvalue weighted by Gasteiger charge is 2.24. The molecule has 2 aromatic carbocycles. The van der Waals surface area contributed by atoms with Crippen molar-refractivity contribution in [1.29, 1.82) is 0 Å². The van der Waals surface area contributed by atoms with E-state index in [9.17, 15) is 0 Å². The molecule has 0 radical (unpaired) electrons. The zero-order chi connectivity index (χ0) is 15.9. The van der Waals surface area contributed by atoms with Gasteiger partial charge >= 0.3 is 0 Å². The van der Waals surface area contributed by atoms with Crippen molar-refractivity contribution in [1.82, 2.24) is 16.2 Å². The number of benzene rings is 2. The van der Waals surface area contributed by atoms with Crippen molar-refractivity contribution < 1.29 is 4.74 Å². The van der Waals surface area contributed by atoms with Crippen molar-refractivity contribution in [2.24, 2.45) is 0 Å². The Hall–Kier alpha value is -1.88. The van der Waals surface area contributed by atoms with E-state index in [0.717, 1.165) is 25.1 Å². The Kier molecular flexibility index (Phi) is 5.64. The van der Waals surface area contributed by atoms with Crippen molar-refractivity contribution in [2.75, 3.05) is 20.2 Å². The van der Waals surface area contributed by atoms with Gasteiger partial charge in [-0.15, -0.1) is 0 Å². The second-order valence-corrected chi connectivity index (χ2v) is 5.98. The molecule has 2 unspecified atom stereocenters. The van der Waals surface area contributed by atoms with Gasteiger partial charge in [-0.3, -0.25) is 5.43 Å². The van der Waals surface area contributed by atoms with Crippen molar-refractivity contribution in [2.45, 2.75) is 24.9 Å². The summed E-state index contributed by atoms with van der Waals surface area (Å²) in [5.41, 5.74) is 9.29. The first-order chi connectivity index (χ1) is 11.3. The van der Waals surface area contributed by atoms with E-state index in [4.69, 9.17) is 4.74 Å². The molecule has 1 aliphatic heterocycles. The zero-order valence-electron chi connectivity index (χ0n) is 13.6. The molecule has 1 heterocycles. The smallest absolute Gasteiger partial charge is 0.119 e. The van der Waals surface area contributed by atoms with Crippen LogP contribution in [-0.4, -0.2) is 26.2 Å². The molecule has 1 saturated heterocycles. The number of nitrogens with one attached hydrogen (secondary N) is 3. The molecule has 0 bridgehead atoms. The van der Waals surface area contributed by atoms with Crippen LogP contribution in [0.3, 0.4) is 0 Å². The summed E-state index contributed by atoms with van der Waals surface area (Å²) in [6.07, 6.45) is 2.03. The maximum atomic E-state index is 5.84. The molecule has 1 aliphatic rings. The van der Waals surface area contributed by atoms with E-state index < -0.39 is 0 Å². The van der Waals surface area contributed by atoms with Gasteiger partial charge in [0.25, 0.3) is 0 Å². The van der Waals surface area contributed by atoms with E-state index in [1.165, 1.54) is 11.1 Å². The first-order valence-electron chi connectivity index (χ1n) is 8.27. The summed E-state index contributed by atoms with van der Waals surface area (Å²) in [6, 6.07) is 19.7. The van der Waals surface area contributed by atoms with Crippen LogP contribution in [0.2, 0.25) is 0 Å². The molecule has 3 N–H and O–H groups in total. The maximum Gasteiger partial charge on any atom is 0.119 e. The Balaban J connectivity index is 1.47. The predicted molar refractivity (Wildman–Crippen MR) is 93.4 cm³/mol. The summed E-state index contributed by atoms with van der Waals surface area (Å²) in [6.45, 7) is 1.68. The van der Waals surface area contributed by atoms with Gasteiger partial charge in [-0.25, -0.2) is 5.43 Å². The third-order valence-electron chi connectivity index (χ3n) is 4.22. The molecule has 4 nitrogen and oxygen atoms in total. The highest BCUT2D eigenvalue weighted by Crippen LogP contribution is 2.24. The van der Waals surface area contributed by atoms with Gasteiger partial charge in [0, 0.05) is 25.0 Å². The summed E-state index contributed by atoms with van der Waals surface area (Å²) in [7, 11) is 1.98. The number of hydrogen-bond donors (Lipinski definition) is 3. The minimum absolute atomic E-state index is 0.367. The molecule has 0 aromatic heterocycles. The van der Waals surface area contributed by atoms with Gasteiger partial charge < -0.3 is 10.1 Å². The van der Waals surface area contributed by atoms with Crippen LogP contribution in [0.15, 0.2) is 54.6 Å². The Morgan fingerprint density at radius 1 is 1.04 bits per heavy atom. The number of hydrazine groups is 1. The fourth-order valence-corrected chi connectivity index (χ4v) is 2.95. The van der Waals surface area contributed by atoms with Crippen LogP contribution >= 0.6 is 0 Å². The highest BCUT2D eigenvalue weighted by molar-refractivity contribution is 5.30. The number of rotatable bonds is 7. The van der Waals surface area contributed by atoms with Crippen LogP contribution in [0, 0.1) is 0 Å². The first kappa shape index (κ1) is 16.0. The first-order valence-corrected chi connectivity index (χ1v) is 8.27. The van der Waals surface area contributed by atoms with E-state index in [1.807, 2.05) is 13.1 Å². The summed E-state index contributed by atoms with van der Waals surface area (Å²) >= 11 is 0. The Labute approximate surface area is 138 Å². The van der Waals surface area contributed by atoms with Gasteiger partial charge in [0.2, 0.25) is 0 Å². The van der Waals surface area contributed by atoms with Gasteiger partial charge in [-0.2, -0.15) is 0 Å². The molecule has 122 valence electrons. The quantitative estimate of drug-likeness (QED) is 0.735. The van der Waals surface area contributed by atoms with E-state index in [-0.39, 0.29) is 0 Å². The molecule has 0 spiro atoms. The zero-order valence-corrected chi connectivity index (χ0v) is 13.6. The Morgan fingerprint density at radius 3 is 2.57 bits per heavy atom. The minimum Gasteiger partial charge on any atom is -0.493 e.